The van der Waals surface area contributed by atoms with E-state index in [4.69, 9.17) is 11.6 Å². The van der Waals surface area contributed by atoms with E-state index in [1.807, 2.05) is 0 Å². The third-order valence-corrected chi connectivity index (χ3v) is 2.14. The maximum Gasteiger partial charge on any atom is 0.358 e. The van der Waals surface area contributed by atoms with Crippen molar-refractivity contribution in [1.29, 1.82) is 0 Å². The van der Waals surface area contributed by atoms with Crippen molar-refractivity contribution in [3.63, 3.8) is 0 Å². The van der Waals surface area contributed by atoms with Gasteiger partial charge in [0.25, 0.3) is 0 Å². The Balaban J connectivity index is 2.44. The van der Waals surface area contributed by atoms with E-state index < -0.39 is 11.4 Å². The van der Waals surface area contributed by atoms with Gasteiger partial charge in [0.15, 0.2) is 5.69 Å². The van der Waals surface area contributed by atoms with Gasteiger partial charge in [0.1, 0.15) is 5.15 Å². The number of aromatic amines is 1. The maximum absolute atomic E-state index is 11.5. The lowest BCUT2D eigenvalue weighted by atomic mass is 10.4. The third-order valence-electron chi connectivity index (χ3n) is 1.95. The van der Waals surface area contributed by atoms with Crippen molar-refractivity contribution >= 4 is 17.6 Å². The van der Waals surface area contributed by atoms with Crippen molar-refractivity contribution in [2.45, 2.75) is 0 Å². The van der Waals surface area contributed by atoms with E-state index in [-0.39, 0.29) is 16.7 Å². The fourth-order valence-electron chi connectivity index (χ4n) is 1.19. The summed E-state index contributed by atoms with van der Waals surface area (Å²) < 4.78 is 5.66. The Labute approximate surface area is 100.0 Å². The second kappa shape index (κ2) is 4.38. The van der Waals surface area contributed by atoms with Gasteiger partial charge in [-0.1, -0.05) is 11.6 Å². The third kappa shape index (κ3) is 2.18. The zero-order valence-corrected chi connectivity index (χ0v) is 9.43. The van der Waals surface area contributed by atoms with E-state index in [0.717, 1.165) is 0 Å². The Kier molecular flexibility index (Phi) is 2.92. The Morgan fingerprint density at radius 3 is 3.00 bits per heavy atom. The SMILES string of the molecule is COC(=O)c1ccn(-c2n[nH]c(Cl)cc2=O)n1. The molecule has 17 heavy (non-hydrogen) atoms. The fourth-order valence-corrected chi connectivity index (χ4v) is 1.33. The molecule has 7 nitrogen and oxygen atoms in total. The highest BCUT2D eigenvalue weighted by Gasteiger charge is 2.12. The summed E-state index contributed by atoms with van der Waals surface area (Å²) >= 11 is 5.56. The Morgan fingerprint density at radius 1 is 1.59 bits per heavy atom. The van der Waals surface area contributed by atoms with E-state index in [2.05, 4.69) is 20.0 Å². The number of esters is 1. The number of hydrogen-bond acceptors (Lipinski definition) is 5. The van der Waals surface area contributed by atoms with Gasteiger partial charge in [0.2, 0.25) is 11.2 Å². The van der Waals surface area contributed by atoms with Crippen LogP contribution in [0.3, 0.4) is 0 Å². The van der Waals surface area contributed by atoms with E-state index >= 15 is 0 Å². The first-order chi connectivity index (χ1) is 8.11. The number of H-pyrrole nitrogens is 1. The van der Waals surface area contributed by atoms with Crippen LogP contribution in [0.1, 0.15) is 10.5 Å². The van der Waals surface area contributed by atoms with Gasteiger partial charge in [-0.15, -0.1) is 0 Å². The van der Waals surface area contributed by atoms with Crippen molar-refractivity contribution < 1.29 is 9.53 Å². The molecule has 8 heteroatoms. The Hall–Kier alpha value is -2.15. The van der Waals surface area contributed by atoms with E-state index in [0.29, 0.717) is 0 Å². The molecule has 1 N–H and O–H groups in total. The van der Waals surface area contributed by atoms with Crippen molar-refractivity contribution in [2.24, 2.45) is 0 Å². The first-order valence-electron chi connectivity index (χ1n) is 4.51. The van der Waals surface area contributed by atoms with Crippen LogP contribution in [0.5, 0.6) is 0 Å². The number of ether oxygens (including phenoxy) is 1. The van der Waals surface area contributed by atoms with Crippen LogP contribution in [-0.2, 0) is 4.74 Å². The van der Waals surface area contributed by atoms with Crippen LogP contribution in [0.2, 0.25) is 5.15 Å². The van der Waals surface area contributed by atoms with Gasteiger partial charge < -0.3 is 4.74 Å². The molecule has 0 aliphatic heterocycles. The summed E-state index contributed by atoms with van der Waals surface area (Å²) in [6.45, 7) is 0. The maximum atomic E-state index is 11.5. The van der Waals surface area contributed by atoms with Gasteiger partial charge in [0, 0.05) is 12.3 Å². The summed E-state index contributed by atoms with van der Waals surface area (Å²) in [5.41, 5.74) is -0.322. The molecule has 0 unspecified atom stereocenters. The highest BCUT2D eigenvalue weighted by atomic mass is 35.5. The molecule has 0 aliphatic rings. The van der Waals surface area contributed by atoms with Crippen LogP contribution < -0.4 is 5.43 Å². The Morgan fingerprint density at radius 2 is 2.35 bits per heavy atom. The van der Waals surface area contributed by atoms with Crippen LogP contribution in [0.4, 0.5) is 0 Å². The van der Waals surface area contributed by atoms with Crippen molar-refractivity contribution in [2.75, 3.05) is 7.11 Å². The summed E-state index contributed by atoms with van der Waals surface area (Å²) in [5, 5.41) is 10.1. The monoisotopic (exact) mass is 254 g/mol. The minimum Gasteiger partial charge on any atom is -0.464 e. The molecule has 0 saturated carbocycles. The van der Waals surface area contributed by atoms with Crippen molar-refractivity contribution in [1.82, 2.24) is 20.0 Å². The number of nitrogens with zero attached hydrogens (tertiary/aromatic N) is 3. The molecule has 0 aliphatic carbocycles. The Bertz CT molecular complexity index is 619. The molecule has 0 aromatic carbocycles. The molecule has 0 bridgehead atoms. The predicted molar refractivity (Wildman–Crippen MR) is 58.3 cm³/mol. The first kappa shape index (κ1) is 11.3. The quantitative estimate of drug-likeness (QED) is 0.783. The van der Waals surface area contributed by atoms with Crippen LogP contribution >= 0.6 is 11.6 Å². The minimum absolute atomic E-state index is 0.0181. The largest absolute Gasteiger partial charge is 0.464 e. The fraction of sp³-hybridized carbons (Fsp3) is 0.111. The normalized spacial score (nSPS) is 10.2. The highest BCUT2D eigenvalue weighted by Crippen LogP contribution is 2.03. The number of aromatic nitrogens is 4. The summed E-state index contributed by atoms with van der Waals surface area (Å²) in [6.07, 6.45) is 1.43. The molecule has 2 rings (SSSR count). The molecule has 0 fully saturated rings. The second-order valence-corrected chi connectivity index (χ2v) is 3.45. The molecular weight excluding hydrogens is 248 g/mol. The molecular formula is C9H7ClN4O3. The first-order valence-corrected chi connectivity index (χ1v) is 4.89. The van der Waals surface area contributed by atoms with Crippen LogP contribution in [-0.4, -0.2) is 33.1 Å². The molecule has 2 heterocycles. The zero-order valence-electron chi connectivity index (χ0n) is 8.68. The van der Waals surface area contributed by atoms with E-state index in [1.165, 1.54) is 30.1 Å². The van der Waals surface area contributed by atoms with Crippen LogP contribution in [0.15, 0.2) is 23.1 Å². The molecule has 88 valence electrons. The van der Waals surface area contributed by atoms with Gasteiger partial charge in [-0.2, -0.15) is 10.2 Å². The van der Waals surface area contributed by atoms with E-state index in [9.17, 15) is 9.59 Å². The highest BCUT2D eigenvalue weighted by molar-refractivity contribution is 6.29. The lowest BCUT2D eigenvalue weighted by Crippen LogP contribution is -2.15. The number of hydrogen-bond donors (Lipinski definition) is 1. The molecule has 0 atom stereocenters. The van der Waals surface area contributed by atoms with Crippen molar-refractivity contribution in [3.05, 3.63) is 39.4 Å². The van der Waals surface area contributed by atoms with Gasteiger partial charge in [-0.05, 0) is 6.07 Å². The molecule has 0 saturated heterocycles. The topological polar surface area (TPSA) is 89.9 Å². The summed E-state index contributed by atoms with van der Waals surface area (Å²) in [7, 11) is 1.24. The van der Waals surface area contributed by atoms with Gasteiger partial charge in [0.05, 0.1) is 7.11 Å². The predicted octanol–water partition coefficient (Wildman–Crippen LogP) is 0.396. The summed E-state index contributed by atoms with van der Waals surface area (Å²) in [6, 6.07) is 2.59. The number of rotatable bonds is 2. The lowest BCUT2D eigenvalue weighted by Gasteiger charge is -1.98. The van der Waals surface area contributed by atoms with Gasteiger partial charge in [-0.3, -0.25) is 9.89 Å². The van der Waals surface area contributed by atoms with Gasteiger partial charge in [-0.25, -0.2) is 9.48 Å². The second-order valence-electron chi connectivity index (χ2n) is 3.04. The molecule has 0 amide bonds. The van der Waals surface area contributed by atoms with Crippen molar-refractivity contribution in [3.8, 4) is 5.82 Å². The lowest BCUT2D eigenvalue weighted by molar-refractivity contribution is 0.0593. The average Bonchev–Trinajstić information content (AvgIpc) is 2.77. The number of carbonyl (C=O) groups is 1. The summed E-state index contributed by atoms with van der Waals surface area (Å²) in [4.78, 5) is 22.7. The zero-order chi connectivity index (χ0) is 12.4. The van der Waals surface area contributed by atoms with E-state index in [1.54, 1.807) is 0 Å². The number of halogens is 1. The van der Waals surface area contributed by atoms with Crippen LogP contribution in [0.25, 0.3) is 5.82 Å². The van der Waals surface area contributed by atoms with Crippen LogP contribution in [0, 0.1) is 0 Å². The van der Waals surface area contributed by atoms with Gasteiger partial charge >= 0.3 is 5.97 Å². The standard InChI is InChI=1S/C9H7ClN4O3/c1-17-9(16)5-2-3-14(13-5)8-6(15)4-7(10)11-12-8/h2-4H,1H3,(H,11,15). The number of carbonyl (C=O) groups excluding carboxylic acids is 1. The molecule has 2 aromatic rings. The smallest absolute Gasteiger partial charge is 0.358 e. The molecule has 0 radical (unpaired) electrons. The number of nitrogens with one attached hydrogen (secondary N) is 1. The number of methoxy groups -OCH3 is 1. The summed E-state index contributed by atoms with van der Waals surface area (Å²) in [5.74, 6) is -0.571. The molecule has 0 spiro atoms. The molecule has 2 aromatic heterocycles. The average molecular weight is 255 g/mol. The minimum atomic E-state index is -0.589.